The van der Waals surface area contributed by atoms with Crippen LogP contribution >= 0.6 is 0 Å². The molecule has 0 heterocycles. The van der Waals surface area contributed by atoms with Gasteiger partial charge in [-0.25, -0.2) is 4.79 Å². The lowest BCUT2D eigenvalue weighted by molar-refractivity contribution is -0.143. The van der Waals surface area contributed by atoms with E-state index in [9.17, 15) is 14.7 Å². The summed E-state index contributed by atoms with van der Waals surface area (Å²) >= 11 is 0. The highest BCUT2D eigenvalue weighted by atomic mass is 16.5. The molecule has 2 aromatic carbocycles. The molecule has 1 aliphatic rings. The van der Waals surface area contributed by atoms with E-state index in [1.54, 1.807) is 0 Å². The molecular weight excluding hydrogens is 426 g/mol. The second-order valence-corrected chi connectivity index (χ2v) is 10.7. The smallest absolute Gasteiger partial charge is 0.326 e. The quantitative estimate of drug-likeness (QED) is 0.475. The third kappa shape index (κ3) is 7.89. The molecule has 0 spiro atoms. The SMILES string of the molecule is CC(C)(C)[C@H](Cc1ccccc1)C(=O)NC(Cc1ccc(OCC2CCCCC2)cc1)C(=O)O. The number of hydrogen-bond donors (Lipinski definition) is 2. The Kier molecular flexibility index (Phi) is 9.14. The highest BCUT2D eigenvalue weighted by Crippen LogP contribution is 2.30. The second kappa shape index (κ2) is 12.0. The van der Waals surface area contributed by atoms with E-state index in [1.807, 2.05) is 75.4 Å². The van der Waals surface area contributed by atoms with Crippen molar-refractivity contribution < 1.29 is 19.4 Å². The molecular formula is C29H39NO4. The summed E-state index contributed by atoms with van der Waals surface area (Å²) in [4.78, 5) is 25.2. The van der Waals surface area contributed by atoms with Crippen molar-refractivity contribution in [2.45, 2.75) is 71.8 Å². The number of rotatable bonds is 10. The predicted molar refractivity (Wildman–Crippen MR) is 135 cm³/mol. The first-order chi connectivity index (χ1) is 16.2. The van der Waals surface area contributed by atoms with Gasteiger partial charge >= 0.3 is 5.97 Å². The Morgan fingerprint density at radius 2 is 1.56 bits per heavy atom. The number of carboxylic acids is 1. The van der Waals surface area contributed by atoms with Crippen LogP contribution < -0.4 is 10.1 Å². The number of hydrogen-bond acceptors (Lipinski definition) is 3. The molecule has 5 heteroatoms. The lowest BCUT2D eigenvalue weighted by Gasteiger charge is -2.31. The van der Waals surface area contributed by atoms with Crippen molar-refractivity contribution in [3.8, 4) is 5.75 Å². The van der Waals surface area contributed by atoms with Crippen LogP contribution in [-0.4, -0.2) is 29.6 Å². The van der Waals surface area contributed by atoms with Crippen molar-refractivity contribution >= 4 is 11.9 Å². The van der Waals surface area contributed by atoms with E-state index >= 15 is 0 Å². The lowest BCUT2D eigenvalue weighted by Crippen LogP contribution is -2.48. The lowest BCUT2D eigenvalue weighted by atomic mass is 9.76. The van der Waals surface area contributed by atoms with Gasteiger partial charge in [-0.15, -0.1) is 0 Å². The molecule has 2 N–H and O–H groups in total. The zero-order valence-electron chi connectivity index (χ0n) is 20.8. The fraction of sp³-hybridized carbons (Fsp3) is 0.517. The molecule has 2 atom stereocenters. The second-order valence-electron chi connectivity index (χ2n) is 10.7. The molecule has 184 valence electrons. The predicted octanol–water partition coefficient (Wildman–Crippen LogP) is 5.66. The van der Waals surface area contributed by atoms with Gasteiger partial charge in [-0.3, -0.25) is 4.79 Å². The highest BCUT2D eigenvalue weighted by molar-refractivity contribution is 5.85. The maximum absolute atomic E-state index is 13.2. The average Bonchev–Trinajstić information content (AvgIpc) is 2.82. The summed E-state index contributed by atoms with van der Waals surface area (Å²) in [5.74, 6) is -0.158. The number of carboxylic acid groups (broad SMARTS) is 1. The molecule has 0 aromatic heterocycles. The topological polar surface area (TPSA) is 75.6 Å². The maximum atomic E-state index is 13.2. The monoisotopic (exact) mass is 465 g/mol. The minimum atomic E-state index is -1.03. The van der Waals surface area contributed by atoms with Crippen LogP contribution in [0.5, 0.6) is 5.75 Å². The van der Waals surface area contributed by atoms with Gasteiger partial charge < -0.3 is 15.2 Å². The van der Waals surface area contributed by atoms with Crippen molar-refractivity contribution in [2.24, 2.45) is 17.3 Å². The number of amides is 1. The summed E-state index contributed by atoms with van der Waals surface area (Å²) in [7, 11) is 0. The van der Waals surface area contributed by atoms with Gasteiger partial charge in [0.2, 0.25) is 5.91 Å². The molecule has 5 nitrogen and oxygen atoms in total. The highest BCUT2D eigenvalue weighted by Gasteiger charge is 2.33. The van der Waals surface area contributed by atoms with Gasteiger partial charge in [0.25, 0.3) is 0 Å². The molecule has 2 aromatic rings. The maximum Gasteiger partial charge on any atom is 0.326 e. The van der Waals surface area contributed by atoms with Crippen LogP contribution in [-0.2, 0) is 22.4 Å². The molecule has 34 heavy (non-hydrogen) atoms. The van der Waals surface area contributed by atoms with Crippen LogP contribution in [0.3, 0.4) is 0 Å². The summed E-state index contributed by atoms with van der Waals surface area (Å²) in [5, 5.41) is 12.6. The van der Waals surface area contributed by atoms with E-state index in [2.05, 4.69) is 5.32 Å². The van der Waals surface area contributed by atoms with Crippen LogP contribution in [0.25, 0.3) is 0 Å². The first-order valence-electron chi connectivity index (χ1n) is 12.5. The van der Waals surface area contributed by atoms with Crippen molar-refractivity contribution in [1.29, 1.82) is 0 Å². The van der Waals surface area contributed by atoms with E-state index in [0.29, 0.717) is 12.3 Å². The van der Waals surface area contributed by atoms with Crippen molar-refractivity contribution in [3.63, 3.8) is 0 Å². The largest absolute Gasteiger partial charge is 0.493 e. The third-order valence-corrected chi connectivity index (χ3v) is 6.83. The summed E-state index contributed by atoms with van der Waals surface area (Å²) in [6.07, 6.45) is 7.17. The van der Waals surface area contributed by atoms with E-state index in [1.165, 1.54) is 32.1 Å². The normalized spacial score (nSPS) is 16.4. The van der Waals surface area contributed by atoms with Gasteiger partial charge in [0.1, 0.15) is 11.8 Å². The number of nitrogens with one attached hydrogen (secondary N) is 1. The molecule has 1 amide bonds. The van der Waals surface area contributed by atoms with E-state index in [0.717, 1.165) is 23.5 Å². The van der Waals surface area contributed by atoms with Gasteiger partial charge in [-0.05, 0) is 53.9 Å². The fourth-order valence-corrected chi connectivity index (χ4v) is 4.64. The van der Waals surface area contributed by atoms with Crippen molar-refractivity contribution in [1.82, 2.24) is 5.32 Å². The van der Waals surface area contributed by atoms with Crippen LogP contribution in [0, 0.1) is 17.3 Å². The van der Waals surface area contributed by atoms with E-state index < -0.39 is 12.0 Å². The first kappa shape index (κ1) is 25.8. The van der Waals surface area contributed by atoms with Gasteiger partial charge in [0, 0.05) is 12.3 Å². The van der Waals surface area contributed by atoms with Crippen molar-refractivity contribution in [3.05, 3.63) is 65.7 Å². The van der Waals surface area contributed by atoms with Gasteiger partial charge in [0.15, 0.2) is 0 Å². The summed E-state index contributed by atoms with van der Waals surface area (Å²) < 4.78 is 5.96. The minimum Gasteiger partial charge on any atom is -0.493 e. The van der Waals surface area contributed by atoms with E-state index in [4.69, 9.17) is 4.74 Å². The van der Waals surface area contributed by atoms with Crippen LogP contribution in [0.15, 0.2) is 54.6 Å². The number of benzene rings is 2. The minimum absolute atomic E-state index is 0.226. The Labute approximate surface area is 203 Å². The summed E-state index contributed by atoms with van der Waals surface area (Å²) in [5.41, 5.74) is 1.61. The van der Waals surface area contributed by atoms with Gasteiger partial charge in [-0.2, -0.15) is 0 Å². The zero-order chi connectivity index (χ0) is 24.6. The fourth-order valence-electron chi connectivity index (χ4n) is 4.64. The molecule has 0 bridgehead atoms. The average molecular weight is 466 g/mol. The number of aliphatic carboxylic acids is 1. The molecule has 0 saturated heterocycles. The summed E-state index contributed by atoms with van der Waals surface area (Å²) in [6.45, 7) is 6.79. The molecule has 1 aliphatic carbocycles. The molecule has 0 radical (unpaired) electrons. The van der Waals surface area contributed by atoms with Gasteiger partial charge in [0.05, 0.1) is 6.61 Å². The Morgan fingerprint density at radius 1 is 0.941 bits per heavy atom. The first-order valence-corrected chi connectivity index (χ1v) is 12.5. The molecule has 0 aliphatic heterocycles. The Hall–Kier alpha value is -2.82. The van der Waals surface area contributed by atoms with E-state index in [-0.39, 0.29) is 23.7 Å². The Balaban J connectivity index is 1.60. The zero-order valence-corrected chi connectivity index (χ0v) is 20.8. The summed E-state index contributed by atoms with van der Waals surface area (Å²) in [6, 6.07) is 16.4. The molecule has 1 unspecified atom stereocenters. The third-order valence-electron chi connectivity index (χ3n) is 6.83. The van der Waals surface area contributed by atoms with Crippen LogP contribution in [0.4, 0.5) is 0 Å². The van der Waals surface area contributed by atoms with Crippen LogP contribution in [0.1, 0.15) is 64.0 Å². The number of carbonyl (C=O) groups is 2. The molecule has 3 rings (SSSR count). The molecule has 1 saturated carbocycles. The Morgan fingerprint density at radius 3 is 2.15 bits per heavy atom. The van der Waals surface area contributed by atoms with Crippen LogP contribution in [0.2, 0.25) is 0 Å². The number of ether oxygens (including phenoxy) is 1. The number of carbonyl (C=O) groups excluding carboxylic acids is 1. The van der Waals surface area contributed by atoms with Crippen molar-refractivity contribution in [2.75, 3.05) is 6.61 Å². The van der Waals surface area contributed by atoms with Gasteiger partial charge in [-0.1, -0.05) is 82.5 Å². The molecule has 1 fully saturated rings. The standard InChI is InChI=1S/C29H39NO4/c1-29(2,3)25(18-21-10-6-4-7-11-21)27(31)30-26(28(32)33)19-22-14-16-24(17-15-22)34-20-23-12-8-5-9-13-23/h4,6-7,10-11,14-17,23,25-26H,5,8-9,12-13,18-20H2,1-3H3,(H,30,31)(H,32,33)/t25-,26?/m1/s1. The Bertz CT molecular complexity index is 911.